The van der Waals surface area contributed by atoms with E-state index in [4.69, 9.17) is 4.74 Å². The van der Waals surface area contributed by atoms with Crippen molar-refractivity contribution in [2.75, 3.05) is 25.5 Å². The number of aryl methyl sites for hydroxylation is 1. The Labute approximate surface area is 172 Å². The smallest absolute Gasteiger partial charge is 0.248 e. The number of piperidine rings is 1. The molecule has 1 aliphatic rings. The van der Waals surface area contributed by atoms with Crippen LogP contribution in [0.2, 0.25) is 0 Å². The summed E-state index contributed by atoms with van der Waals surface area (Å²) < 4.78 is 32.9. The second-order valence-electron chi connectivity index (χ2n) is 7.06. The zero-order valence-electron chi connectivity index (χ0n) is 16.7. The molecule has 154 valence electrons. The lowest BCUT2D eigenvalue weighted by Gasteiger charge is -2.26. The molecule has 0 atom stereocenters. The van der Waals surface area contributed by atoms with E-state index in [-0.39, 0.29) is 10.8 Å². The van der Waals surface area contributed by atoms with Gasteiger partial charge in [-0.3, -0.25) is 4.79 Å². The van der Waals surface area contributed by atoms with Gasteiger partial charge in [0.15, 0.2) is 0 Å². The molecule has 29 heavy (non-hydrogen) atoms. The highest BCUT2D eigenvalue weighted by molar-refractivity contribution is 7.89. The molecule has 0 aromatic heterocycles. The summed E-state index contributed by atoms with van der Waals surface area (Å²) in [4.78, 5) is 12.3. The average molecular weight is 415 g/mol. The minimum atomic E-state index is -3.64. The number of carbonyl (C=O) groups is 1. The quantitative estimate of drug-likeness (QED) is 0.729. The van der Waals surface area contributed by atoms with Crippen molar-refractivity contribution in [2.45, 2.75) is 31.1 Å². The van der Waals surface area contributed by atoms with Crippen LogP contribution < -0.4 is 10.1 Å². The molecule has 3 rings (SSSR count). The third kappa shape index (κ3) is 5.25. The Hall–Kier alpha value is -2.64. The van der Waals surface area contributed by atoms with E-state index < -0.39 is 10.0 Å². The summed E-state index contributed by atoms with van der Waals surface area (Å²) in [5.74, 6) is 0.0157. The molecule has 2 aromatic rings. The third-order valence-corrected chi connectivity index (χ3v) is 6.79. The Kier molecular flexibility index (Phi) is 6.71. The molecule has 2 aromatic carbocycles. The molecule has 0 spiro atoms. The van der Waals surface area contributed by atoms with Crippen molar-refractivity contribution >= 4 is 27.7 Å². The SMILES string of the molecule is COc1ccc(/C=C\C(=O)Nc2ccc(C)cc2)cc1S(=O)(=O)N1CCCCC1. The second-order valence-corrected chi connectivity index (χ2v) is 8.97. The normalized spacial score (nSPS) is 15.4. The Balaban J connectivity index is 1.79. The number of rotatable bonds is 6. The van der Waals surface area contributed by atoms with Crippen molar-refractivity contribution in [3.8, 4) is 5.75 Å². The molecule has 0 saturated carbocycles. The molecule has 1 aliphatic heterocycles. The van der Waals surface area contributed by atoms with Gasteiger partial charge < -0.3 is 10.1 Å². The number of hydrogen-bond acceptors (Lipinski definition) is 4. The lowest BCUT2D eigenvalue weighted by molar-refractivity contribution is -0.111. The number of carbonyl (C=O) groups excluding carboxylic acids is 1. The fourth-order valence-corrected chi connectivity index (χ4v) is 4.94. The van der Waals surface area contributed by atoms with Crippen LogP contribution >= 0.6 is 0 Å². The van der Waals surface area contributed by atoms with E-state index in [1.54, 1.807) is 24.3 Å². The van der Waals surface area contributed by atoms with Gasteiger partial charge >= 0.3 is 0 Å². The number of amides is 1. The van der Waals surface area contributed by atoms with Crippen LogP contribution in [0.15, 0.2) is 53.4 Å². The topological polar surface area (TPSA) is 75.7 Å². The van der Waals surface area contributed by atoms with E-state index in [0.29, 0.717) is 30.1 Å². The van der Waals surface area contributed by atoms with Crippen LogP contribution in [-0.2, 0) is 14.8 Å². The predicted octanol–water partition coefficient (Wildman–Crippen LogP) is 3.83. The maximum atomic E-state index is 13.1. The van der Waals surface area contributed by atoms with Gasteiger partial charge in [0, 0.05) is 24.9 Å². The molecule has 0 bridgehead atoms. The fraction of sp³-hybridized carbons (Fsp3) is 0.318. The van der Waals surface area contributed by atoms with E-state index in [9.17, 15) is 13.2 Å². The lowest BCUT2D eigenvalue weighted by Crippen LogP contribution is -2.35. The van der Waals surface area contributed by atoms with Gasteiger partial charge in [-0.15, -0.1) is 0 Å². The van der Waals surface area contributed by atoms with Gasteiger partial charge in [-0.25, -0.2) is 8.42 Å². The minimum absolute atomic E-state index is 0.128. The van der Waals surface area contributed by atoms with Crippen molar-refractivity contribution in [1.82, 2.24) is 4.31 Å². The summed E-state index contributed by atoms with van der Waals surface area (Å²) in [6.45, 7) is 3.01. The Morgan fingerprint density at radius 1 is 1.07 bits per heavy atom. The molecular weight excluding hydrogens is 388 g/mol. The average Bonchev–Trinajstić information content (AvgIpc) is 2.74. The molecule has 1 heterocycles. The summed E-state index contributed by atoms with van der Waals surface area (Å²) in [5.41, 5.74) is 2.42. The van der Waals surface area contributed by atoms with Crippen LogP contribution in [0.25, 0.3) is 6.08 Å². The van der Waals surface area contributed by atoms with Crippen molar-refractivity contribution < 1.29 is 17.9 Å². The number of methoxy groups -OCH3 is 1. The van der Waals surface area contributed by atoms with Crippen LogP contribution in [0, 0.1) is 6.92 Å². The van der Waals surface area contributed by atoms with E-state index in [1.165, 1.54) is 17.5 Å². The first-order chi connectivity index (χ1) is 13.9. The number of sulfonamides is 1. The maximum absolute atomic E-state index is 13.1. The minimum Gasteiger partial charge on any atom is -0.495 e. The standard InChI is InChI=1S/C22H26N2O4S/c1-17-6-10-19(11-7-17)23-22(25)13-9-18-8-12-20(28-2)21(16-18)29(26,27)24-14-4-3-5-15-24/h6-13,16H,3-5,14-15H2,1-2H3,(H,23,25)/b13-9-. The summed E-state index contributed by atoms with van der Waals surface area (Å²) >= 11 is 0. The first-order valence-corrected chi connectivity index (χ1v) is 11.1. The van der Waals surface area contributed by atoms with Gasteiger partial charge in [0.2, 0.25) is 15.9 Å². The number of nitrogens with zero attached hydrogens (tertiary/aromatic N) is 1. The van der Waals surface area contributed by atoms with Crippen LogP contribution in [0.3, 0.4) is 0 Å². The molecule has 1 amide bonds. The number of anilines is 1. The van der Waals surface area contributed by atoms with E-state index in [1.807, 2.05) is 31.2 Å². The number of ether oxygens (including phenoxy) is 1. The summed E-state index contributed by atoms with van der Waals surface area (Å²) in [5, 5.41) is 2.78. The molecular formula is C22H26N2O4S. The van der Waals surface area contributed by atoms with Crippen LogP contribution in [0.4, 0.5) is 5.69 Å². The lowest BCUT2D eigenvalue weighted by atomic mass is 10.2. The van der Waals surface area contributed by atoms with Crippen LogP contribution in [0.5, 0.6) is 5.75 Å². The third-order valence-electron chi connectivity index (χ3n) is 4.87. The summed E-state index contributed by atoms with van der Waals surface area (Å²) in [6.07, 6.45) is 5.75. The molecule has 1 fully saturated rings. The number of nitrogens with one attached hydrogen (secondary N) is 1. The van der Waals surface area contributed by atoms with Gasteiger partial charge in [-0.2, -0.15) is 4.31 Å². The molecule has 6 nitrogen and oxygen atoms in total. The van der Waals surface area contributed by atoms with E-state index in [0.717, 1.165) is 24.8 Å². The first-order valence-electron chi connectivity index (χ1n) is 9.64. The molecule has 1 saturated heterocycles. The highest BCUT2D eigenvalue weighted by Gasteiger charge is 2.28. The van der Waals surface area contributed by atoms with Gasteiger partial charge in [-0.1, -0.05) is 30.2 Å². The molecule has 0 aliphatic carbocycles. The number of benzene rings is 2. The Morgan fingerprint density at radius 3 is 2.41 bits per heavy atom. The van der Waals surface area contributed by atoms with Crippen molar-refractivity contribution in [3.05, 3.63) is 59.7 Å². The van der Waals surface area contributed by atoms with Crippen LogP contribution in [-0.4, -0.2) is 38.8 Å². The fourth-order valence-electron chi connectivity index (χ4n) is 3.24. The van der Waals surface area contributed by atoms with Crippen molar-refractivity contribution in [3.63, 3.8) is 0 Å². The first kappa shape index (κ1) is 21.1. The van der Waals surface area contributed by atoms with E-state index in [2.05, 4.69) is 5.32 Å². The highest BCUT2D eigenvalue weighted by Crippen LogP contribution is 2.30. The number of hydrogen-bond donors (Lipinski definition) is 1. The molecule has 0 radical (unpaired) electrons. The van der Waals surface area contributed by atoms with Crippen molar-refractivity contribution in [1.29, 1.82) is 0 Å². The Bertz CT molecular complexity index is 992. The largest absolute Gasteiger partial charge is 0.495 e. The van der Waals surface area contributed by atoms with Crippen molar-refractivity contribution in [2.24, 2.45) is 0 Å². The monoisotopic (exact) mass is 414 g/mol. The summed E-state index contributed by atoms with van der Waals surface area (Å²) in [7, 11) is -2.19. The van der Waals surface area contributed by atoms with Gasteiger partial charge in [0.25, 0.3) is 0 Å². The van der Waals surface area contributed by atoms with Gasteiger partial charge in [-0.05, 0) is 55.7 Å². The Morgan fingerprint density at radius 2 is 1.76 bits per heavy atom. The second kappa shape index (κ2) is 9.24. The molecule has 1 N–H and O–H groups in total. The highest BCUT2D eigenvalue weighted by atomic mass is 32.2. The van der Waals surface area contributed by atoms with Crippen LogP contribution in [0.1, 0.15) is 30.4 Å². The van der Waals surface area contributed by atoms with Gasteiger partial charge in [0.1, 0.15) is 10.6 Å². The zero-order chi connectivity index (χ0) is 20.9. The molecule has 7 heteroatoms. The zero-order valence-corrected chi connectivity index (χ0v) is 17.5. The summed E-state index contributed by atoms with van der Waals surface area (Å²) in [6, 6.07) is 12.4. The van der Waals surface area contributed by atoms with Gasteiger partial charge in [0.05, 0.1) is 7.11 Å². The predicted molar refractivity (Wildman–Crippen MR) is 114 cm³/mol. The molecule has 0 unspecified atom stereocenters. The maximum Gasteiger partial charge on any atom is 0.248 e. The van der Waals surface area contributed by atoms with E-state index >= 15 is 0 Å².